The van der Waals surface area contributed by atoms with E-state index in [0.29, 0.717) is 17.5 Å². The minimum Gasteiger partial charge on any atom is -0.456 e. The molecule has 0 aliphatic carbocycles. The summed E-state index contributed by atoms with van der Waals surface area (Å²) in [5, 5.41) is 4.59. The van der Waals surface area contributed by atoms with Gasteiger partial charge in [-0.05, 0) is 70.8 Å². The molecule has 0 saturated carbocycles. The zero-order chi connectivity index (χ0) is 37.0. The Labute approximate surface area is 322 Å². The standard InChI is InChI=1S/C51H32N4O/c1-3-13-33(14-4-1)35-17-11-19-38(29-35)50-52-49(34-15-5-2-6-16-34)53-51(54-50)39-26-27-42-41-21-7-9-23-45(41)55(46(42)31-39)40-20-12-18-36(30-40)37-25-28-44-43-22-8-10-24-47(43)56-48(44)32-37/h1-32H. The lowest BCUT2D eigenvalue weighted by atomic mass is 10.0. The fourth-order valence-electron chi connectivity index (χ4n) is 7.94. The molecule has 0 atom stereocenters. The summed E-state index contributed by atoms with van der Waals surface area (Å²) in [5.74, 6) is 1.87. The molecule has 8 aromatic carbocycles. The van der Waals surface area contributed by atoms with Crippen LogP contribution in [0.4, 0.5) is 0 Å². The van der Waals surface area contributed by atoms with Gasteiger partial charge in [0.25, 0.3) is 0 Å². The molecule has 0 saturated heterocycles. The Kier molecular flexibility index (Phi) is 7.42. The smallest absolute Gasteiger partial charge is 0.164 e. The van der Waals surface area contributed by atoms with Gasteiger partial charge in [0.05, 0.1) is 11.0 Å². The van der Waals surface area contributed by atoms with Gasteiger partial charge in [0.1, 0.15) is 11.2 Å². The van der Waals surface area contributed by atoms with Gasteiger partial charge in [-0.3, -0.25) is 0 Å². The van der Waals surface area contributed by atoms with Crippen LogP contribution < -0.4 is 0 Å². The van der Waals surface area contributed by atoms with Crippen LogP contribution in [0.1, 0.15) is 0 Å². The molecule has 0 unspecified atom stereocenters. The molecule has 3 heterocycles. The highest BCUT2D eigenvalue weighted by Gasteiger charge is 2.18. The average Bonchev–Trinajstić information content (AvgIpc) is 3.82. The van der Waals surface area contributed by atoms with Crippen LogP contribution in [-0.4, -0.2) is 19.5 Å². The monoisotopic (exact) mass is 716 g/mol. The van der Waals surface area contributed by atoms with Crippen molar-refractivity contribution in [2.75, 3.05) is 0 Å². The fourth-order valence-corrected chi connectivity index (χ4v) is 7.94. The van der Waals surface area contributed by atoms with Gasteiger partial charge in [-0.2, -0.15) is 0 Å². The number of benzene rings is 8. The van der Waals surface area contributed by atoms with Crippen molar-refractivity contribution >= 4 is 43.7 Å². The van der Waals surface area contributed by atoms with Gasteiger partial charge in [-0.1, -0.05) is 146 Å². The number of fused-ring (bicyclic) bond motifs is 6. The van der Waals surface area contributed by atoms with Crippen molar-refractivity contribution in [3.05, 3.63) is 194 Å². The molecule has 0 aliphatic heterocycles. The van der Waals surface area contributed by atoms with Crippen LogP contribution in [0.2, 0.25) is 0 Å². The van der Waals surface area contributed by atoms with E-state index >= 15 is 0 Å². The molecular weight excluding hydrogens is 685 g/mol. The number of hydrogen-bond donors (Lipinski definition) is 0. The second-order valence-corrected chi connectivity index (χ2v) is 14.1. The summed E-state index contributed by atoms with van der Waals surface area (Å²) in [5.41, 5.74) is 12.3. The van der Waals surface area contributed by atoms with Crippen molar-refractivity contribution in [2.24, 2.45) is 0 Å². The lowest BCUT2D eigenvalue weighted by molar-refractivity contribution is 0.669. The van der Waals surface area contributed by atoms with Crippen LogP contribution in [0.5, 0.6) is 0 Å². The van der Waals surface area contributed by atoms with Crippen molar-refractivity contribution in [3.63, 3.8) is 0 Å². The number of nitrogens with zero attached hydrogens (tertiary/aromatic N) is 4. The van der Waals surface area contributed by atoms with E-state index in [1.54, 1.807) is 0 Å². The van der Waals surface area contributed by atoms with Crippen molar-refractivity contribution in [3.8, 4) is 62.1 Å². The minimum absolute atomic E-state index is 0.616. The summed E-state index contributed by atoms with van der Waals surface area (Å²) in [6.45, 7) is 0. The highest BCUT2D eigenvalue weighted by molar-refractivity contribution is 6.10. The first-order valence-electron chi connectivity index (χ1n) is 18.8. The summed E-state index contributed by atoms with van der Waals surface area (Å²) in [4.78, 5) is 15.3. The van der Waals surface area contributed by atoms with Gasteiger partial charge in [0.15, 0.2) is 17.5 Å². The Morgan fingerprint density at radius 2 is 0.821 bits per heavy atom. The summed E-state index contributed by atoms with van der Waals surface area (Å²) < 4.78 is 8.61. The maximum absolute atomic E-state index is 6.27. The topological polar surface area (TPSA) is 56.7 Å². The van der Waals surface area contributed by atoms with Crippen LogP contribution in [0.3, 0.4) is 0 Å². The summed E-state index contributed by atoms with van der Waals surface area (Å²) in [7, 11) is 0. The minimum atomic E-state index is 0.616. The zero-order valence-electron chi connectivity index (χ0n) is 30.2. The maximum Gasteiger partial charge on any atom is 0.164 e. The van der Waals surface area contributed by atoms with Crippen molar-refractivity contribution in [2.45, 2.75) is 0 Å². The average molecular weight is 717 g/mol. The molecule has 0 N–H and O–H groups in total. The normalized spacial score (nSPS) is 11.6. The third-order valence-corrected chi connectivity index (χ3v) is 10.6. The van der Waals surface area contributed by atoms with Gasteiger partial charge in [0, 0.05) is 43.9 Å². The molecule has 0 bridgehead atoms. The third kappa shape index (κ3) is 5.45. The van der Waals surface area contributed by atoms with Gasteiger partial charge in [0.2, 0.25) is 0 Å². The number of para-hydroxylation sites is 2. The van der Waals surface area contributed by atoms with Gasteiger partial charge in [-0.25, -0.2) is 15.0 Å². The third-order valence-electron chi connectivity index (χ3n) is 10.6. The molecule has 11 aromatic rings. The summed E-state index contributed by atoms with van der Waals surface area (Å²) in [6, 6.07) is 67.5. The molecule has 0 radical (unpaired) electrons. The van der Waals surface area contributed by atoms with Gasteiger partial charge in [-0.15, -0.1) is 0 Å². The highest BCUT2D eigenvalue weighted by Crippen LogP contribution is 2.37. The molecule has 3 aromatic heterocycles. The Hall–Kier alpha value is -7.63. The quantitative estimate of drug-likeness (QED) is 0.172. The van der Waals surface area contributed by atoms with Crippen molar-refractivity contribution in [1.29, 1.82) is 0 Å². The van der Waals surface area contributed by atoms with Gasteiger partial charge >= 0.3 is 0 Å². The Bertz CT molecular complexity index is 3250. The van der Waals surface area contributed by atoms with E-state index in [1.807, 2.05) is 48.5 Å². The van der Waals surface area contributed by atoms with E-state index in [-0.39, 0.29) is 0 Å². The lowest BCUT2D eigenvalue weighted by Crippen LogP contribution is -2.00. The molecule has 5 nitrogen and oxygen atoms in total. The molecule has 0 spiro atoms. The van der Waals surface area contributed by atoms with Crippen molar-refractivity contribution in [1.82, 2.24) is 19.5 Å². The molecule has 11 rings (SSSR count). The first-order chi connectivity index (χ1) is 27.7. The van der Waals surface area contributed by atoms with Crippen LogP contribution >= 0.6 is 0 Å². The van der Waals surface area contributed by atoms with Crippen LogP contribution in [-0.2, 0) is 0 Å². The molecule has 5 heteroatoms. The van der Waals surface area contributed by atoms with Crippen molar-refractivity contribution < 1.29 is 4.42 Å². The summed E-state index contributed by atoms with van der Waals surface area (Å²) in [6.07, 6.45) is 0. The van der Waals surface area contributed by atoms with E-state index in [9.17, 15) is 0 Å². The summed E-state index contributed by atoms with van der Waals surface area (Å²) >= 11 is 0. The molecule has 0 aliphatic rings. The Balaban J connectivity index is 1.07. The lowest BCUT2D eigenvalue weighted by Gasteiger charge is -2.12. The SMILES string of the molecule is c1ccc(-c2cccc(-c3nc(-c4ccccc4)nc(-c4ccc5c6ccccc6n(-c6cccc(-c7ccc8c(c7)oc7ccccc78)c6)c5c4)n3)c2)cc1. The first-order valence-corrected chi connectivity index (χ1v) is 18.8. The largest absolute Gasteiger partial charge is 0.456 e. The molecule has 0 fully saturated rings. The van der Waals surface area contributed by atoms with Crippen LogP contribution in [0.15, 0.2) is 199 Å². The number of furan rings is 1. The second-order valence-electron chi connectivity index (χ2n) is 14.1. The van der Waals surface area contributed by atoms with E-state index in [4.69, 9.17) is 19.4 Å². The number of hydrogen-bond acceptors (Lipinski definition) is 4. The zero-order valence-corrected chi connectivity index (χ0v) is 30.2. The predicted octanol–water partition coefficient (Wildman–Crippen LogP) is 13.2. The second kappa shape index (κ2) is 13.0. The van der Waals surface area contributed by atoms with Crippen LogP contribution in [0, 0.1) is 0 Å². The molecule has 262 valence electrons. The number of rotatable bonds is 6. The van der Waals surface area contributed by atoms with E-state index in [0.717, 1.165) is 83.0 Å². The molecule has 0 amide bonds. The Morgan fingerprint density at radius 1 is 0.304 bits per heavy atom. The Morgan fingerprint density at radius 3 is 1.62 bits per heavy atom. The maximum atomic E-state index is 6.27. The molecular formula is C51H32N4O. The van der Waals surface area contributed by atoms with Gasteiger partial charge < -0.3 is 8.98 Å². The van der Waals surface area contributed by atoms with E-state index in [2.05, 4.69) is 150 Å². The predicted molar refractivity (Wildman–Crippen MR) is 229 cm³/mol. The van der Waals surface area contributed by atoms with Crippen LogP contribution in [0.25, 0.3) is 106 Å². The molecule has 56 heavy (non-hydrogen) atoms. The fraction of sp³-hybridized carbons (Fsp3) is 0. The van der Waals surface area contributed by atoms with E-state index in [1.165, 1.54) is 5.39 Å². The highest BCUT2D eigenvalue weighted by atomic mass is 16.3. The first kappa shape index (κ1) is 31.9. The number of aromatic nitrogens is 4. The van der Waals surface area contributed by atoms with E-state index < -0.39 is 0 Å².